The SMILES string of the molecule is C=CCc1cccc(/C=N\NC(=O)CNC(=O)c2ccccc2)c1O. The molecule has 0 heterocycles. The van der Waals surface area contributed by atoms with E-state index in [1.807, 2.05) is 0 Å². The van der Waals surface area contributed by atoms with Gasteiger partial charge in [0.2, 0.25) is 0 Å². The lowest BCUT2D eigenvalue weighted by atomic mass is 10.1. The second-order valence-electron chi connectivity index (χ2n) is 5.19. The Kier molecular flexibility index (Phi) is 6.47. The minimum Gasteiger partial charge on any atom is -0.507 e. The van der Waals surface area contributed by atoms with E-state index in [4.69, 9.17) is 0 Å². The number of hydrogen-bond donors (Lipinski definition) is 3. The minimum atomic E-state index is -0.470. The summed E-state index contributed by atoms with van der Waals surface area (Å²) in [6.07, 6.45) is 3.57. The van der Waals surface area contributed by atoms with Crippen LogP contribution in [0.15, 0.2) is 66.3 Å². The molecule has 6 heteroatoms. The number of carbonyl (C=O) groups is 2. The van der Waals surface area contributed by atoms with Crippen LogP contribution in [0.2, 0.25) is 0 Å². The Hall–Kier alpha value is -3.41. The third-order valence-electron chi connectivity index (χ3n) is 3.35. The van der Waals surface area contributed by atoms with Crippen LogP contribution in [0.1, 0.15) is 21.5 Å². The van der Waals surface area contributed by atoms with Crippen molar-refractivity contribution in [2.45, 2.75) is 6.42 Å². The Morgan fingerprint density at radius 1 is 1.12 bits per heavy atom. The lowest BCUT2D eigenvalue weighted by Crippen LogP contribution is -2.34. The summed E-state index contributed by atoms with van der Waals surface area (Å²) >= 11 is 0. The average molecular weight is 337 g/mol. The van der Waals surface area contributed by atoms with E-state index in [0.29, 0.717) is 17.5 Å². The van der Waals surface area contributed by atoms with Crippen molar-refractivity contribution in [3.05, 3.63) is 77.9 Å². The zero-order valence-corrected chi connectivity index (χ0v) is 13.6. The number of amides is 2. The largest absolute Gasteiger partial charge is 0.507 e. The Morgan fingerprint density at radius 3 is 2.60 bits per heavy atom. The number of hydrazone groups is 1. The number of rotatable bonds is 7. The number of phenols is 1. The smallest absolute Gasteiger partial charge is 0.259 e. The van der Waals surface area contributed by atoms with Crippen LogP contribution in [0, 0.1) is 0 Å². The molecule has 128 valence electrons. The summed E-state index contributed by atoms with van der Waals surface area (Å²) in [4.78, 5) is 23.5. The molecule has 0 fully saturated rings. The maximum Gasteiger partial charge on any atom is 0.259 e. The van der Waals surface area contributed by atoms with E-state index >= 15 is 0 Å². The van der Waals surface area contributed by atoms with Gasteiger partial charge in [0.15, 0.2) is 0 Å². The standard InChI is InChI=1S/C19H19N3O3/c1-2-7-14-10-6-11-16(18(14)24)12-21-22-17(23)13-20-19(25)15-8-4-3-5-9-15/h2-6,8-12,24H,1,7,13H2,(H,20,25)(H,22,23)/b21-12-. The number of hydrogen-bond acceptors (Lipinski definition) is 4. The monoisotopic (exact) mass is 337 g/mol. The maximum atomic E-state index is 11.8. The summed E-state index contributed by atoms with van der Waals surface area (Å²) in [6, 6.07) is 13.8. The van der Waals surface area contributed by atoms with Gasteiger partial charge in [0, 0.05) is 11.1 Å². The van der Waals surface area contributed by atoms with Crippen molar-refractivity contribution in [1.29, 1.82) is 0 Å². The molecule has 0 aliphatic carbocycles. The molecule has 3 N–H and O–H groups in total. The summed E-state index contributed by atoms with van der Waals surface area (Å²) in [5.41, 5.74) is 3.98. The molecule has 0 unspecified atom stereocenters. The third-order valence-corrected chi connectivity index (χ3v) is 3.35. The Balaban J connectivity index is 1.86. The van der Waals surface area contributed by atoms with Gasteiger partial charge in [-0.05, 0) is 30.2 Å². The quantitative estimate of drug-likeness (QED) is 0.410. The van der Waals surface area contributed by atoms with Gasteiger partial charge in [-0.3, -0.25) is 9.59 Å². The van der Waals surface area contributed by atoms with Gasteiger partial charge in [-0.15, -0.1) is 6.58 Å². The molecule has 2 aromatic rings. The molecule has 2 amide bonds. The van der Waals surface area contributed by atoms with Crippen molar-refractivity contribution in [2.24, 2.45) is 5.10 Å². The van der Waals surface area contributed by atoms with Gasteiger partial charge in [0.05, 0.1) is 12.8 Å². The lowest BCUT2D eigenvalue weighted by molar-refractivity contribution is -0.120. The highest BCUT2D eigenvalue weighted by Gasteiger charge is 2.07. The van der Waals surface area contributed by atoms with Gasteiger partial charge in [0.25, 0.3) is 11.8 Å². The highest BCUT2D eigenvalue weighted by atomic mass is 16.3. The highest BCUT2D eigenvalue weighted by molar-refractivity contribution is 5.96. The van der Waals surface area contributed by atoms with E-state index in [1.54, 1.807) is 54.6 Å². The second kappa shape index (κ2) is 9.02. The molecule has 0 aliphatic heterocycles. The molecule has 2 rings (SSSR count). The first-order valence-corrected chi connectivity index (χ1v) is 7.68. The van der Waals surface area contributed by atoms with E-state index in [-0.39, 0.29) is 18.2 Å². The van der Waals surface area contributed by atoms with Crippen molar-refractivity contribution in [2.75, 3.05) is 6.54 Å². The molecule has 0 radical (unpaired) electrons. The van der Waals surface area contributed by atoms with Gasteiger partial charge in [-0.25, -0.2) is 5.43 Å². The van der Waals surface area contributed by atoms with Crippen LogP contribution in [0.25, 0.3) is 0 Å². The van der Waals surface area contributed by atoms with E-state index in [9.17, 15) is 14.7 Å². The fraction of sp³-hybridized carbons (Fsp3) is 0.105. The van der Waals surface area contributed by atoms with Crippen LogP contribution in [-0.4, -0.2) is 29.7 Å². The lowest BCUT2D eigenvalue weighted by Gasteiger charge is -2.05. The Morgan fingerprint density at radius 2 is 1.88 bits per heavy atom. The molecule has 25 heavy (non-hydrogen) atoms. The topological polar surface area (TPSA) is 90.8 Å². The first-order valence-electron chi connectivity index (χ1n) is 7.68. The van der Waals surface area contributed by atoms with Crippen LogP contribution in [0.4, 0.5) is 0 Å². The molecule has 0 saturated carbocycles. The third kappa shape index (κ3) is 5.31. The van der Waals surface area contributed by atoms with Crippen molar-refractivity contribution in [3.63, 3.8) is 0 Å². The molecular formula is C19H19N3O3. The van der Waals surface area contributed by atoms with Crippen molar-refractivity contribution in [1.82, 2.24) is 10.7 Å². The fourth-order valence-corrected chi connectivity index (χ4v) is 2.10. The molecule has 0 saturated heterocycles. The molecule has 0 atom stereocenters. The predicted octanol–water partition coefficient (Wildman–Crippen LogP) is 2.00. The summed E-state index contributed by atoms with van der Waals surface area (Å²) < 4.78 is 0. The minimum absolute atomic E-state index is 0.0952. The van der Waals surface area contributed by atoms with Gasteiger partial charge < -0.3 is 10.4 Å². The summed E-state index contributed by atoms with van der Waals surface area (Å²) in [6.45, 7) is 3.43. The van der Waals surface area contributed by atoms with Crippen LogP contribution < -0.4 is 10.7 Å². The number of nitrogens with zero attached hydrogens (tertiary/aromatic N) is 1. The van der Waals surface area contributed by atoms with Gasteiger partial charge in [0.1, 0.15) is 5.75 Å². The molecule has 2 aromatic carbocycles. The number of nitrogens with one attached hydrogen (secondary N) is 2. The van der Waals surface area contributed by atoms with Crippen LogP contribution in [0.5, 0.6) is 5.75 Å². The van der Waals surface area contributed by atoms with Crippen molar-refractivity contribution in [3.8, 4) is 5.75 Å². The van der Waals surface area contributed by atoms with E-state index < -0.39 is 5.91 Å². The molecule has 0 aliphatic rings. The number of aromatic hydroxyl groups is 1. The van der Waals surface area contributed by atoms with E-state index in [1.165, 1.54) is 6.21 Å². The van der Waals surface area contributed by atoms with Crippen molar-refractivity contribution >= 4 is 18.0 Å². The summed E-state index contributed by atoms with van der Waals surface area (Å²) in [5.74, 6) is -0.713. The Labute approximate surface area is 145 Å². The number of benzene rings is 2. The second-order valence-corrected chi connectivity index (χ2v) is 5.19. The summed E-state index contributed by atoms with van der Waals surface area (Å²) in [5, 5.41) is 16.4. The zero-order valence-electron chi connectivity index (χ0n) is 13.6. The molecule has 0 bridgehead atoms. The molecule has 0 spiro atoms. The average Bonchev–Trinajstić information content (AvgIpc) is 2.63. The first-order chi connectivity index (χ1) is 12.1. The Bertz CT molecular complexity index is 786. The number of carbonyl (C=O) groups excluding carboxylic acids is 2. The van der Waals surface area contributed by atoms with Crippen LogP contribution in [-0.2, 0) is 11.2 Å². The van der Waals surface area contributed by atoms with Crippen molar-refractivity contribution < 1.29 is 14.7 Å². The number of para-hydroxylation sites is 1. The highest BCUT2D eigenvalue weighted by Crippen LogP contribution is 2.21. The molecule has 6 nitrogen and oxygen atoms in total. The maximum absolute atomic E-state index is 11.8. The van der Waals surface area contributed by atoms with Gasteiger partial charge >= 0.3 is 0 Å². The van der Waals surface area contributed by atoms with Crippen LogP contribution in [0.3, 0.4) is 0 Å². The molecule has 0 aromatic heterocycles. The molecular weight excluding hydrogens is 318 g/mol. The van der Waals surface area contributed by atoms with Gasteiger partial charge in [-0.2, -0.15) is 5.10 Å². The van der Waals surface area contributed by atoms with E-state index in [2.05, 4.69) is 22.4 Å². The van der Waals surface area contributed by atoms with E-state index in [0.717, 1.165) is 5.56 Å². The first kappa shape index (κ1) is 17.9. The normalized spacial score (nSPS) is 10.4. The van der Waals surface area contributed by atoms with Gasteiger partial charge in [-0.1, -0.05) is 36.4 Å². The predicted molar refractivity (Wildman–Crippen MR) is 96.5 cm³/mol. The number of phenolic OH excluding ortho intramolecular Hbond substituents is 1. The van der Waals surface area contributed by atoms with Crippen LogP contribution >= 0.6 is 0 Å². The zero-order chi connectivity index (χ0) is 18.1. The fourth-order valence-electron chi connectivity index (χ4n) is 2.10. The number of allylic oxidation sites excluding steroid dienone is 1. The summed E-state index contributed by atoms with van der Waals surface area (Å²) in [7, 11) is 0.